The molecule has 0 bridgehead atoms. The molecule has 1 aliphatic heterocycles. The van der Waals surface area contributed by atoms with Crippen LogP contribution in [-0.2, 0) is 32.2 Å². The molecule has 1 fully saturated rings. The Hall–Kier alpha value is -2.21. The lowest BCUT2D eigenvalue weighted by atomic mass is 9.89. The highest BCUT2D eigenvalue weighted by molar-refractivity contribution is 5.66. The van der Waals surface area contributed by atoms with E-state index in [0.717, 1.165) is 64.2 Å². The van der Waals surface area contributed by atoms with Gasteiger partial charge in [-0.2, -0.15) is 0 Å². The molecule has 0 aliphatic carbocycles. The Labute approximate surface area is 236 Å². The van der Waals surface area contributed by atoms with Crippen molar-refractivity contribution in [1.82, 2.24) is 0 Å². The van der Waals surface area contributed by atoms with Gasteiger partial charge in [0.15, 0.2) is 0 Å². The summed E-state index contributed by atoms with van der Waals surface area (Å²) in [5, 5.41) is 8.89. The van der Waals surface area contributed by atoms with Crippen molar-refractivity contribution < 1.29 is 24.1 Å². The summed E-state index contributed by atoms with van der Waals surface area (Å²) < 4.78 is 18.8. The molecule has 0 aromatic heterocycles. The quantitative estimate of drug-likeness (QED) is 0.113. The van der Waals surface area contributed by atoms with Crippen LogP contribution in [0.5, 0.6) is 0 Å². The largest absolute Gasteiger partial charge is 0.481 e. The number of carboxylic acid groups (broad SMARTS) is 1. The summed E-state index contributed by atoms with van der Waals surface area (Å²) in [6.07, 6.45) is 14.7. The Balaban J connectivity index is 1.45. The predicted molar refractivity (Wildman–Crippen MR) is 157 cm³/mol. The highest BCUT2D eigenvalue weighted by Crippen LogP contribution is 2.47. The zero-order chi connectivity index (χ0) is 27.6. The molecule has 5 nitrogen and oxygen atoms in total. The summed E-state index contributed by atoms with van der Waals surface area (Å²) in [6.45, 7) is 4.28. The topological polar surface area (TPSA) is 68.3 Å². The Bertz CT molecular complexity index is 902. The molecule has 1 heterocycles. The minimum absolute atomic E-state index is 0.0453. The van der Waals surface area contributed by atoms with Crippen molar-refractivity contribution in [3.8, 4) is 0 Å². The molecule has 3 rings (SSSR count). The zero-order valence-electron chi connectivity index (χ0n) is 24.0. The minimum Gasteiger partial charge on any atom is -0.481 e. The molecule has 0 saturated carbocycles. The summed E-state index contributed by atoms with van der Waals surface area (Å²) in [4.78, 5) is 10.8. The maximum atomic E-state index is 10.8. The second kappa shape index (κ2) is 18.2. The number of epoxide rings is 1. The van der Waals surface area contributed by atoms with Crippen LogP contribution in [0, 0.1) is 0 Å². The van der Waals surface area contributed by atoms with Crippen molar-refractivity contribution in [2.24, 2.45) is 0 Å². The number of hydrogen-bond acceptors (Lipinski definition) is 4. The fraction of sp³-hybridized carbons (Fsp3) is 0.618. The van der Waals surface area contributed by atoms with Gasteiger partial charge in [0.25, 0.3) is 0 Å². The third-order valence-electron chi connectivity index (χ3n) is 7.87. The van der Waals surface area contributed by atoms with Crippen LogP contribution in [0.4, 0.5) is 0 Å². The van der Waals surface area contributed by atoms with Crippen LogP contribution >= 0.6 is 0 Å². The molecule has 2 aromatic rings. The molecule has 3 atom stereocenters. The third-order valence-corrected chi connectivity index (χ3v) is 7.87. The van der Waals surface area contributed by atoms with Gasteiger partial charge >= 0.3 is 5.97 Å². The Morgan fingerprint density at radius 2 is 1.49 bits per heavy atom. The lowest BCUT2D eigenvalue weighted by molar-refractivity contribution is -0.137. The molecule has 216 valence electrons. The number of carbonyl (C=O) groups is 1. The van der Waals surface area contributed by atoms with Crippen molar-refractivity contribution in [2.75, 3.05) is 6.61 Å². The number of rotatable bonds is 23. The number of hydrogen-bond donors (Lipinski definition) is 1. The average molecular weight is 539 g/mol. The van der Waals surface area contributed by atoms with Crippen LogP contribution in [-0.4, -0.2) is 35.5 Å². The average Bonchev–Trinajstić information content (AvgIpc) is 3.64. The van der Waals surface area contributed by atoms with Gasteiger partial charge in [0.1, 0.15) is 0 Å². The van der Waals surface area contributed by atoms with Crippen LogP contribution in [0.3, 0.4) is 0 Å². The molecule has 1 saturated heterocycles. The standard InChI is InChI=1S/C34H50O5/c1-2-3-8-20-31(38-28-30-18-11-7-12-19-30)21-15-25-34(24-14-5-4-13-22-33(35)36)32(39-34)23-26-37-27-29-16-9-6-10-17-29/h6-7,9-12,16-19,31-32H,2-5,8,13-15,20-28H2,1H3,(H,35,36). The van der Waals surface area contributed by atoms with Crippen molar-refractivity contribution in [3.63, 3.8) is 0 Å². The first-order valence-corrected chi connectivity index (χ1v) is 15.3. The molecule has 0 radical (unpaired) electrons. The molecule has 0 spiro atoms. The van der Waals surface area contributed by atoms with Gasteiger partial charge in [-0.3, -0.25) is 4.79 Å². The molecule has 1 N–H and O–H groups in total. The van der Waals surface area contributed by atoms with Gasteiger partial charge < -0.3 is 19.3 Å². The highest BCUT2D eigenvalue weighted by Gasteiger charge is 2.54. The molecule has 0 amide bonds. The third kappa shape index (κ3) is 12.7. The number of carboxylic acids is 1. The highest BCUT2D eigenvalue weighted by atomic mass is 16.6. The molecular formula is C34H50O5. The number of unbranched alkanes of at least 4 members (excludes halogenated alkanes) is 5. The van der Waals surface area contributed by atoms with Gasteiger partial charge in [-0.05, 0) is 56.1 Å². The lowest BCUT2D eigenvalue weighted by Crippen LogP contribution is -2.19. The van der Waals surface area contributed by atoms with Crippen LogP contribution in [0.15, 0.2) is 60.7 Å². The Morgan fingerprint density at radius 3 is 2.18 bits per heavy atom. The van der Waals surface area contributed by atoms with Crippen molar-refractivity contribution >= 4 is 5.97 Å². The molecule has 1 aliphatic rings. The van der Waals surface area contributed by atoms with Gasteiger partial charge in [0.2, 0.25) is 0 Å². The maximum Gasteiger partial charge on any atom is 0.303 e. The van der Waals surface area contributed by atoms with Crippen LogP contribution < -0.4 is 0 Å². The van der Waals surface area contributed by atoms with E-state index in [1.807, 2.05) is 24.3 Å². The van der Waals surface area contributed by atoms with Gasteiger partial charge in [0, 0.05) is 13.0 Å². The SMILES string of the molecule is CCCCCC(CCCC1(CCCCCCC(=O)O)OC1CCOCc1ccccc1)OCc1ccccc1. The molecule has 3 unspecified atom stereocenters. The smallest absolute Gasteiger partial charge is 0.303 e. The fourth-order valence-electron chi connectivity index (χ4n) is 5.50. The number of ether oxygens (including phenoxy) is 3. The molecule has 2 aromatic carbocycles. The van der Waals surface area contributed by atoms with E-state index in [4.69, 9.17) is 19.3 Å². The van der Waals surface area contributed by atoms with E-state index >= 15 is 0 Å². The second-order valence-electron chi connectivity index (χ2n) is 11.1. The van der Waals surface area contributed by atoms with Crippen LogP contribution in [0.2, 0.25) is 0 Å². The summed E-state index contributed by atoms with van der Waals surface area (Å²) in [5.41, 5.74) is 2.39. The summed E-state index contributed by atoms with van der Waals surface area (Å²) >= 11 is 0. The first-order chi connectivity index (χ1) is 19.1. The normalized spacial score (nSPS) is 19.2. The van der Waals surface area contributed by atoms with E-state index in [0.29, 0.717) is 19.8 Å². The van der Waals surface area contributed by atoms with E-state index in [1.165, 1.54) is 30.4 Å². The zero-order valence-corrected chi connectivity index (χ0v) is 24.0. The van der Waals surface area contributed by atoms with Crippen molar-refractivity contribution in [1.29, 1.82) is 0 Å². The first-order valence-electron chi connectivity index (χ1n) is 15.3. The van der Waals surface area contributed by atoms with E-state index in [1.54, 1.807) is 0 Å². The summed E-state index contributed by atoms with van der Waals surface area (Å²) in [7, 11) is 0. The Kier molecular flexibility index (Phi) is 14.6. The number of aliphatic carboxylic acids is 1. The van der Waals surface area contributed by atoms with Crippen molar-refractivity contribution in [2.45, 2.75) is 128 Å². The maximum absolute atomic E-state index is 10.8. The van der Waals surface area contributed by atoms with E-state index < -0.39 is 5.97 Å². The van der Waals surface area contributed by atoms with E-state index in [-0.39, 0.29) is 24.2 Å². The lowest BCUT2D eigenvalue weighted by Gasteiger charge is -2.20. The molecular weight excluding hydrogens is 488 g/mol. The fourth-order valence-corrected chi connectivity index (χ4v) is 5.50. The monoisotopic (exact) mass is 538 g/mol. The summed E-state index contributed by atoms with van der Waals surface area (Å²) in [5.74, 6) is -0.699. The van der Waals surface area contributed by atoms with Gasteiger partial charge in [-0.1, -0.05) is 106 Å². The predicted octanol–water partition coefficient (Wildman–Crippen LogP) is 8.49. The van der Waals surface area contributed by atoms with Gasteiger partial charge in [-0.25, -0.2) is 0 Å². The molecule has 5 heteroatoms. The van der Waals surface area contributed by atoms with Crippen molar-refractivity contribution in [3.05, 3.63) is 71.8 Å². The number of benzene rings is 2. The second-order valence-corrected chi connectivity index (χ2v) is 11.1. The first kappa shape index (κ1) is 31.3. The van der Waals surface area contributed by atoms with Crippen LogP contribution in [0.25, 0.3) is 0 Å². The summed E-state index contributed by atoms with van der Waals surface area (Å²) in [6, 6.07) is 20.8. The van der Waals surface area contributed by atoms with E-state index in [2.05, 4.69) is 43.3 Å². The van der Waals surface area contributed by atoms with Gasteiger partial charge in [0.05, 0.1) is 31.0 Å². The van der Waals surface area contributed by atoms with Gasteiger partial charge in [-0.15, -0.1) is 0 Å². The molecule has 39 heavy (non-hydrogen) atoms. The van der Waals surface area contributed by atoms with Crippen LogP contribution in [0.1, 0.15) is 108 Å². The minimum atomic E-state index is -0.699. The Morgan fingerprint density at radius 1 is 0.846 bits per heavy atom. The van der Waals surface area contributed by atoms with E-state index in [9.17, 15) is 4.79 Å².